The molecule has 2 heterocycles. The molecule has 6 nitrogen and oxygen atoms in total. The van der Waals surface area contributed by atoms with E-state index in [1.807, 2.05) is 0 Å². The minimum atomic E-state index is -4.37. The molecule has 0 radical (unpaired) electrons. The molecule has 0 saturated heterocycles. The van der Waals surface area contributed by atoms with Gasteiger partial charge in [0.25, 0.3) is 0 Å². The van der Waals surface area contributed by atoms with Gasteiger partial charge in [0.1, 0.15) is 11.6 Å². The van der Waals surface area contributed by atoms with E-state index in [9.17, 15) is 23.8 Å². The van der Waals surface area contributed by atoms with Crippen molar-refractivity contribution in [1.82, 2.24) is 4.57 Å². The Labute approximate surface area is 228 Å². The fourth-order valence-corrected chi connectivity index (χ4v) is 4.25. The Balaban J connectivity index is 1.68. The summed E-state index contributed by atoms with van der Waals surface area (Å²) in [6.07, 6.45) is -14.3. The second kappa shape index (κ2) is 8.77. The van der Waals surface area contributed by atoms with E-state index < -0.39 is 115 Å². The average Bonchev–Trinajstić information content (AvgIpc) is 3.28. The van der Waals surface area contributed by atoms with Crippen LogP contribution < -0.4 is 9.47 Å². The van der Waals surface area contributed by atoms with Crippen molar-refractivity contribution < 1.29 is 52.7 Å². The Hall–Kier alpha value is -3.04. The van der Waals surface area contributed by atoms with E-state index >= 15 is 4.39 Å². The van der Waals surface area contributed by atoms with Crippen molar-refractivity contribution in [1.29, 1.82) is 0 Å². The topological polar surface area (TPSA) is 80.9 Å². The van der Waals surface area contributed by atoms with Crippen molar-refractivity contribution in [2.24, 2.45) is 0 Å². The zero-order chi connectivity index (χ0) is 36.4. The summed E-state index contributed by atoms with van der Waals surface area (Å²) in [5, 5.41) is 20.0. The predicted octanol–water partition coefficient (Wildman–Crippen LogP) is 4.99. The van der Waals surface area contributed by atoms with Gasteiger partial charge in [-0.05, 0) is 60.6 Å². The summed E-state index contributed by atoms with van der Waals surface area (Å²) in [5.41, 5.74) is -6.19. The lowest BCUT2D eigenvalue weighted by molar-refractivity contribution is -0.286. The number of benzene rings is 2. The van der Waals surface area contributed by atoms with Gasteiger partial charge in [-0.15, -0.1) is 8.78 Å². The molecule has 2 N–H and O–H groups in total. The van der Waals surface area contributed by atoms with E-state index in [0.717, 1.165) is 12.1 Å². The van der Waals surface area contributed by atoms with Crippen molar-refractivity contribution in [3.63, 3.8) is 0 Å². The number of carbonyl (C=O) groups is 1. The van der Waals surface area contributed by atoms with Gasteiger partial charge in [0.15, 0.2) is 11.5 Å². The minimum absolute atomic E-state index is 0.0141. The Bertz CT molecular complexity index is 1850. The summed E-state index contributed by atoms with van der Waals surface area (Å²) in [5.74, 6) is -4.67. The van der Waals surface area contributed by atoms with Crippen LogP contribution >= 0.6 is 0 Å². The molecule has 2 aliphatic rings. The number of ketones is 1. The van der Waals surface area contributed by atoms with Crippen LogP contribution in [0.15, 0.2) is 36.3 Å². The SMILES string of the molecule is [2H]c1c([2H])c(C2(C(=O)Cc3cc4cc(C(C)(CC)C([2H])([2H])[2H])n(C[C@]([2H])(O)CO)c4cc3F)C([2H])([2H])C2([2H])[2H])c([2H])c2c1OC(F)(F)O2. The van der Waals surface area contributed by atoms with E-state index in [2.05, 4.69) is 9.47 Å². The molecule has 1 aliphatic carbocycles. The summed E-state index contributed by atoms with van der Waals surface area (Å²) in [6.45, 7) is -1.42. The lowest BCUT2D eigenvalue weighted by atomic mass is 9.86. The normalized spacial score (nSPS) is 27.8. The molecular formula is C28H30F3NO5. The zero-order valence-electron chi connectivity index (χ0n) is 30.8. The third-order valence-electron chi connectivity index (χ3n) is 6.57. The number of Topliss-reactive ketones (excluding diaryl/α,β-unsaturated/α-hetero) is 1. The van der Waals surface area contributed by atoms with Gasteiger partial charge in [-0.2, -0.15) is 0 Å². The van der Waals surface area contributed by atoms with Crippen LogP contribution in [-0.4, -0.2) is 39.5 Å². The van der Waals surface area contributed by atoms with Gasteiger partial charge < -0.3 is 24.3 Å². The smallest absolute Gasteiger partial charge is 0.395 e. The Kier molecular flexibility index (Phi) is 3.65. The monoisotopic (exact) mass is 528 g/mol. The highest BCUT2D eigenvalue weighted by Gasteiger charge is 2.52. The van der Waals surface area contributed by atoms with Gasteiger partial charge in [-0.25, -0.2) is 4.39 Å². The van der Waals surface area contributed by atoms with Crippen LogP contribution in [0.2, 0.25) is 0 Å². The lowest BCUT2D eigenvalue weighted by Gasteiger charge is -2.26. The van der Waals surface area contributed by atoms with Crippen molar-refractivity contribution in [2.45, 2.75) is 76.0 Å². The minimum Gasteiger partial charge on any atom is -0.395 e. The highest BCUT2D eigenvalue weighted by atomic mass is 19.3. The maximum atomic E-state index is 15.8. The van der Waals surface area contributed by atoms with Gasteiger partial charge in [-0.1, -0.05) is 26.7 Å². The number of aliphatic hydroxyl groups excluding tert-OH is 1. The van der Waals surface area contributed by atoms with Crippen LogP contribution in [0.3, 0.4) is 0 Å². The number of aromatic nitrogens is 1. The second-order valence-corrected chi connectivity index (χ2v) is 9.20. The first-order valence-electron chi connectivity index (χ1n) is 16.8. The van der Waals surface area contributed by atoms with E-state index in [1.165, 1.54) is 17.6 Å². The number of hydrogen-bond donors (Lipinski definition) is 2. The lowest BCUT2D eigenvalue weighted by Crippen LogP contribution is -2.26. The fraction of sp³-hybridized carbons (Fsp3) is 0.464. The number of hydrogen-bond acceptors (Lipinski definition) is 5. The fourth-order valence-electron chi connectivity index (χ4n) is 4.25. The first kappa shape index (κ1) is 15.4. The van der Waals surface area contributed by atoms with Crippen LogP contribution in [0.5, 0.6) is 11.5 Å². The number of alkyl halides is 2. The van der Waals surface area contributed by atoms with Crippen molar-refractivity contribution in [3.8, 4) is 11.5 Å². The quantitative estimate of drug-likeness (QED) is 0.409. The van der Waals surface area contributed by atoms with Crippen molar-refractivity contribution >= 4 is 16.7 Å². The first-order valence-corrected chi connectivity index (χ1v) is 11.3. The highest BCUT2D eigenvalue weighted by molar-refractivity contribution is 5.95. The van der Waals surface area contributed by atoms with Crippen LogP contribution in [-0.2, 0) is 28.6 Å². The molecule has 2 atom stereocenters. The van der Waals surface area contributed by atoms with Gasteiger partial charge in [0.2, 0.25) is 0 Å². The number of nitrogens with zero attached hydrogens (tertiary/aromatic N) is 1. The molecule has 0 bridgehead atoms. The summed E-state index contributed by atoms with van der Waals surface area (Å²) < 4.78 is 144. The van der Waals surface area contributed by atoms with Crippen LogP contribution in [0.1, 0.15) is 71.8 Å². The van der Waals surface area contributed by atoms with Gasteiger partial charge in [0.05, 0.1) is 35.6 Å². The molecule has 3 aromatic rings. The first-order chi connectivity index (χ1) is 21.8. The molecular weight excluding hydrogens is 487 g/mol. The predicted molar refractivity (Wildman–Crippen MR) is 131 cm³/mol. The van der Waals surface area contributed by atoms with Gasteiger partial charge in [0, 0.05) is 32.5 Å². The van der Waals surface area contributed by atoms with E-state index in [0.29, 0.717) is 0 Å². The third-order valence-corrected chi connectivity index (χ3v) is 6.57. The number of ether oxygens (including phenoxy) is 2. The number of fused-ring (bicyclic) bond motifs is 2. The Morgan fingerprint density at radius 2 is 2.05 bits per heavy atom. The zero-order valence-corrected chi connectivity index (χ0v) is 19.8. The molecule has 0 spiro atoms. The molecule has 198 valence electrons. The molecule has 1 aromatic heterocycles. The molecule has 9 heteroatoms. The second-order valence-electron chi connectivity index (χ2n) is 9.20. The molecule has 1 saturated carbocycles. The molecule has 1 fully saturated rings. The largest absolute Gasteiger partial charge is 0.586 e. The Morgan fingerprint density at radius 3 is 2.70 bits per heavy atom. The maximum Gasteiger partial charge on any atom is 0.586 e. The number of aliphatic hydroxyl groups is 2. The summed E-state index contributed by atoms with van der Waals surface area (Å²) >= 11 is 0. The number of halogens is 3. The molecule has 0 amide bonds. The van der Waals surface area contributed by atoms with Gasteiger partial charge in [-0.3, -0.25) is 4.79 Å². The van der Waals surface area contributed by atoms with Crippen LogP contribution in [0.4, 0.5) is 13.2 Å². The summed E-state index contributed by atoms with van der Waals surface area (Å²) in [6, 6.07) is -0.150. The summed E-state index contributed by atoms with van der Waals surface area (Å²) in [4.78, 5) is 14.0. The molecule has 1 unspecified atom stereocenters. The van der Waals surface area contributed by atoms with Gasteiger partial charge >= 0.3 is 6.29 Å². The number of rotatable bonds is 9. The van der Waals surface area contributed by atoms with E-state index in [1.54, 1.807) is 6.92 Å². The molecule has 2 aromatic carbocycles. The molecule has 37 heavy (non-hydrogen) atoms. The summed E-state index contributed by atoms with van der Waals surface area (Å²) in [7, 11) is 0. The number of carbonyl (C=O) groups excluding carboxylic acids is 1. The molecule has 1 aliphatic heterocycles. The van der Waals surface area contributed by atoms with Crippen LogP contribution in [0, 0.1) is 5.82 Å². The third kappa shape index (κ3) is 4.48. The standard InChI is InChI=1S/C28H30F3NO5/c1-4-26(2,3)24-10-17-9-16(20(29)13-21(17)32(24)14-19(34)15-33)11-25(35)27(7-8-27)18-5-6-22-23(12-18)37-28(30,31)36-22/h5-6,9-10,12-13,19,33-34H,4,7-8,11,14-15H2,1-3H3/t19-/m0/s1/i2D3,5D,6D,7D2,8D2,12D,19D/t19-,26?. The van der Waals surface area contributed by atoms with Crippen molar-refractivity contribution in [2.75, 3.05) is 6.61 Å². The highest BCUT2D eigenvalue weighted by Crippen LogP contribution is 2.52. The van der Waals surface area contributed by atoms with Crippen LogP contribution in [0.25, 0.3) is 10.9 Å². The average molecular weight is 529 g/mol. The van der Waals surface area contributed by atoms with Crippen molar-refractivity contribution in [3.05, 3.63) is 59.0 Å². The van der Waals surface area contributed by atoms with E-state index in [-0.39, 0.29) is 23.0 Å². The maximum absolute atomic E-state index is 15.8. The molecule has 5 rings (SSSR count). The van der Waals surface area contributed by atoms with E-state index in [4.69, 9.17) is 15.1 Å². The Morgan fingerprint density at radius 1 is 1.32 bits per heavy atom.